The van der Waals surface area contributed by atoms with Crippen LogP contribution in [0.3, 0.4) is 0 Å². The molecule has 0 saturated carbocycles. The number of sulfonamides is 1. The van der Waals surface area contributed by atoms with E-state index in [2.05, 4.69) is 5.32 Å². The highest BCUT2D eigenvalue weighted by atomic mass is 32.2. The van der Waals surface area contributed by atoms with Gasteiger partial charge in [0.1, 0.15) is 0 Å². The molecule has 0 atom stereocenters. The van der Waals surface area contributed by atoms with Crippen LogP contribution < -0.4 is 10.0 Å². The lowest BCUT2D eigenvalue weighted by Gasteiger charge is -2.09. The topological polar surface area (TPSA) is 99.1 Å². The summed E-state index contributed by atoms with van der Waals surface area (Å²) in [6.45, 7) is 2.00. The van der Waals surface area contributed by atoms with E-state index in [0.29, 0.717) is 5.56 Å². The normalized spacial score (nSPS) is 10.6. The second-order valence-corrected chi connectivity index (χ2v) is 6.59. The molecule has 2 aromatic carbocycles. The number of hydrogen-bond donors (Lipinski definition) is 2. The van der Waals surface area contributed by atoms with Gasteiger partial charge >= 0.3 is 6.03 Å². The Bertz CT molecular complexity index is 836. The molecule has 6 nitrogen and oxygen atoms in total. The first-order valence-corrected chi connectivity index (χ1v) is 8.25. The SMILES string of the molecule is Cc1ccc(S(=O)(=O)NC(=O)NCc2ccc(C#N)cc2)cc1. The zero-order valence-corrected chi connectivity index (χ0v) is 13.2. The van der Waals surface area contributed by atoms with Crippen molar-refractivity contribution in [1.29, 1.82) is 5.26 Å². The van der Waals surface area contributed by atoms with Crippen LogP contribution in [0, 0.1) is 18.3 Å². The van der Waals surface area contributed by atoms with Crippen LogP contribution in [0.15, 0.2) is 53.4 Å². The number of carbonyl (C=O) groups is 1. The number of nitrogens with one attached hydrogen (secondary N) is 2. The highest BCUT2D eigenvalue weighted by Crippen LogP contribution is 2.09. The van der Waals surface area contributed by atoms with E-state index in [1.165, 1.54) is 12.1 Å². The van der Waals surface area contributed by atoms with E-state index in [4.69, 9.17) is 5.26 Å². The van der Waals surface area contributed by atoms with Gasteiger partial charge in [-0.05, 0) is 36.8 Å². The summed E-state index contributed by atoms with van der Waals surface area (Å²) in [4.78, 5) is 11.8. The molecule has 7 heteroatoms. The van der Waals surface area contributed by atoms with Crippen LogP contribution in [0.2, 0.25) is 0 Å². The predicted molar refractivity (Wildman–Crippen MR) is 84.9 cm³/mol. The fourth-order valence-electron chi connectivity index (χ4n) is 1.81. The highest BCUT2D eigenvalue weighted by Gasteiger charge is 2.16. The molecule has 2 aromatic rings. The van der Waals surface area contributed by atoms with E-state index in [9.17, 15) is 13.2 Å². The maximum absolute atomic E-state index is 12.0. The van der Waals surface area contributed by atoms with Gasteiger partial charge in [0, 0.05) is 6.54 Å². The lowest BCUT2D eigenvalue weighted by atomic mass is 10.1. The van der Waals surface area contributed by atoms with E-state index in [0.717, 1.165) is 11.1 Å². The average molecular weight is 329 g/mol. The summed E-state index contributed by atoms with van der Waals surface area (Å²) in [5.74, 6) is 0. The Morgan fingerprint density at radius 2 is 1.70 bits per heavy atom. The minimum Gasteiger partial charge on any atom is -0.333 e. The maximum Gasteiger partial charge on any atom is 0.328 e. The molecule has 0 saturated heterocycles. The van der Waals surface area contributed by atoms with Gasteiger partial charge in [-0.3, -0.25) is 0 Å². The van der Waals surface area contributed by atoms with E-state index in [1.807, 2.05) is 17.7 Å². The minimum atomic E-state index is -3.90. The molecule has 2 N–H and O–H groups in total. The van der Waals surface area contributed by atoms with E-state index >= 15 is 0 Å². The molecular weight excluding hydrogens is 314 g/mol. The molecule has 0 aliphatic carbocycles. The molecule has 118 valence electrons. The lowest BCUT2D eigenvalue weighted by Crippen LogP contribution is -2.39. The van der Waals surface area contributed by atoms with Gasteiger partial charge in [0.2, 0.25) is 0 Å². The number of aryl methyl sites for hydroxylation is 1. The third-order valence-electron chi connectivity index (χ3n) is 3.09. The molecule has 0 heterocycles. The molecule has 0 unspecified atom stereocenters. The number of nitriles is 1. The van der Waals surface area contributed by atoms with E-state index in [-0.39, 0.29) is 11.4 Å². The Labute approximate surface area is 134 Å². The van der Waals surface area contributed by atoms with Gasteiger partial charge < -0.3 is 5.32 Å². The van der Waals surface area contributed by atoms with Gasteiger partial charge in [0.05, 0.1) is 16.5 Å². The van der Waals surface area contributed by atoms with Gasteiger partial charge in [0.15, 0.2) is 0 Å². The largest absolute Gasteiger partial charge is 0.333 e. The molecule has 2 amide bonds. The number of amides is 2. The summed E-state index contributed by atoms with van der Waals surface area (Å²) < 4.78 is 26.0. The number of hydrogen-bond acceptors (Lipinski definition) is 4. The summed E-state index contributed by atoms with van der Waals surface area (Å²) in [5.41, 5.74) is 2.20. The monoisotopic (exact) mass is 329 g/mol. The van der Waals surface area contributed by atoms with Crippen molar-refractivity contribution < 1.29 is 13.2 Å². The second-order valence-electron chi connectivity index (χ2n) is 4.91. The molecule has 0 fully saturated rings. The molecule has 2 rings (SSSR count). The van der Waals surface area contributed by atoms with E-state index in [1.54, 1.807) is 36.4 Å². The van der Waals surface area contributed by atoms with Gasteiger partial charge in [0.25, 0.3) is 10.0 Å². The van der Waals surface area contributed by atoms with E-state index < -0.39 is 16.1 Å². The van der Waals surface area contributed by atoms with Crippen molar-refractivity contribution >= 4 is 16.1 Å². The van der Waals surface area contributed by atoms with Crippen LogP contribution in [0.25, 0.3) is 0 Å². The van der Waals surface area contributed by atoms with Crippen LogP contribution in [-0.2, 0) is 16.6 Å². The summed E-state index contributed by atoms with van der Waals surface area (Å²) in [6, 6.07) is 14.0. The van der Waals surface area contributed by atoms with Crippen molar-refractivity contribution in [3.05, 3.63) is 65.2 Å². The molecule has 0 aliphatic rings. The Hall–Kier alpha value is -2.85. The van der Waals surface area contributed by atoms with Gasteiger partial charge in [-0.15, -0.1) is 0 Å². The van der Waals surface area contributed by atoms with Gasteiger partial charge in [-0.1, -0.05) is 29.8 Å². The van der Waals surface area contributed by atoms with Crippen LogP contribution in [0.1, 0.15) is 16.7 Å². The summed E-state index contributed by atoms with van der Waals surface area (Å²) in [6.07, 6.45) is 0. The third-order valence-corrected chi connectivity index (χ3v) is 4.44. The first-order valence-electron chi connectivity index (χ1n) is 6.77. The number of nitrogens with zero attached hydrogens (tertiary/aromatic N) is 1. The Morgan fingerprint density at radius 1 is 1.09 bits per heavy atom. The number of benzene rings is 2. The summed E-state index contributed by atoms with van der Waals surface area (Å²) in [7, 11) is -3.90. The van der Waals surface area contributed by atoms with Crippen molar-refractivity contribution in [2.45, 2.75) is 18.4 Å². The Balaban J connectivity index is 1.95. The zero-order chi connectivity index (χ0) is 16.9. The van der Waals surface area contributed by atoms with Crippen LogP contribution in [0.5, 0.6) is 0 Å². The second kappa shape index (κ2) is 6.94. The minimum absolute atomic E-state index is 0.0247. The zero-order valence-electron chi connectivity index (χ0n) is 12.4. The average Bonchev–Trinajstić information content (AvgIpc) is 2.53. The molecule has 0 spiro atoms. The van der Waals surface area contributed by atoms with Crippen molar-refractivity contribution in [2.24, 2.45) is 0 Å². The van der Waals surface area contributed by atoms with Gasteiger partial charge in [-0.2, -0.15) is 5.26 Å². The molecule has 0 aromatic heterocycles. The fraction of sp³-hybridized carbons (Fsp3) is 0.125. The summed E-state index contributed by atoms with van der Waals surface area (Å²) >= 11 is 0. The maximum atomic E-state index is 12.0. The van der Waals surface area contributed by atoms with Gasteiger partial charge in [-0.25, -0.2) is 17.9 Å². The first-order chi connectivity index (χ1) is 10.9. The van der Waals surface area contributed by atoms with Crippen molar-refractivity contribution in [2.75, 3.05) is 0 Å². The van der Waals surface area contributed by atoms with Crippen molar-refractivity contribution in [3.8, 4) is 6.07 Å². The molecule has 0 bridgehead atoms. The van der Waals surface area contributed by atoms with Crippen LogP contribution in [-0.4, -0.2) is 14.4 Å². The predicted octanol–water partition coefficient (Wildman–Crippen LogP) is 2.05. The number of carbonyl (C=O) groups excluding carboxylic acids is 1. The summed E-state index contributed by atoms with van der Waals surface area (Å²) in [5, 5.41) is 11.2. The van der Waals surface area contributed by atoms with Crippen LogP contribution >= 0.6 is 0 Å². The first kappa shape index (κ1) is 16.5. The molecular formula is C16H15N3O3S. The van der Waals surface area contributed by atoms with Crippen molar-refractivity contribution in [1.82, 2.24) is 10.0 Å². The fourth-order valence-corrected chi connectivity index (χ4v) is 2.74. The lowest BCUT2D eigenvalue weighted by molar-refractivity contribution is 0.245. The molecule has 23 heavy (non-hydrogen) atoms. The standard InChI is InChI=1S/C16H15N3O3S/c1-12-2-8-15(9-3-12)23(21,22)19-16(20)18-11-14-6-4-13(10-17)5-7-14/h2-9H,11H2,1H3,(H2,18,19,20). The number of rotatable bonds is 4. The third kappa shape index (κ3) is 4.56. The van der Waals surface area contributed by atoms with Crippen LogP contribution in [0.4, 0.5) is 4.79 Å². The molecule has 0 radical (unpaired) electrons. The Kier molecular flexibility index (Phi) is 4.98. The highest BCUT2D eigenvalue weighted by molar-refractivity contribution is 7.90. The molecule has 0 aliphatic heterocycles. The van der Waals surface area contributed by atoms with Crippen molar-refractivity contribution in [3.63, 3.8) is 0 Å². The quantitative estimate of drug-likeness (QED) is 0.896. The number of urea groups is 1. The smallest absolute Gasteiger partial charge is 0.328 e. The Morgan fingerprint density at radius 3 is 2.26 bits per heavy atom.